The molecule has 3 heterocycles. The number of amides is 1. The van der Waals surface area contributed by atoms with E-state index in [0.717, 1.165) is 19.6 Å². The van der Waals surface area contributed by atoms with Gasteiger partial charge in [-0.3, -0.25) is 14.5 Å². The van der Waals surface area contributed by atoms with Crippen molar-refractivity contribution in [3.05, 3.63) is 34.2 Å². The zero-order valence-electron chi connectivity index (χ0n) is 11.8. The molecule has 2 aliphatic rings. The van der Waals surface area contributed by atoms with Gasteiger partial charge in [-0.05, 0) is 32.4 Å². The van der Waals surface area contributed by atoms with E-state index in [1.54, 1.807) is 12.1 Å². The molecule has 0 aliphatic carbocycles. The fraction of sp³-hybridized carbons (Fsp3) is 0.600. The molecule has 1 N–H and O–H groups in total. The van der Waals surface area contributed by atoms with Crippen LogP contribution in [0.1, 0.15) is 36.7 Å². The lowest BCUT2D eigenvalue weighted by Crippen LogP contribution is -2.60. The van der Waals surface area contributed by atoms with Gasteiger partial charge in [0, 0.05) is 31.2 Å². The quantitative estimate of drug-likeness (QED) is 0.834. The maximum Gasteiger partial charge on any atom is 0.270 e. The second-order valence-corrected chi connectivity index (χ2v) is 5.88. The lowest BCUT2D eigenvalue weighted by molar-refractivity contribution is 0.0148. The maximum atomic E-state index is 12.6. The summed E-state index contributed by atoms with van der Waals surface area (Å²) in [6, 6.07) is 5.43. The Balaban J connectivity index is 1.79. The van der Waals surface area contributed by atoms with Crippen LogP contribution in [-0.2, 0) is 0 Å². The number of rotatable bonds is 1. The molecule has 2 unspecified atom stereocenters. The minimum absolute atomic E-state index is 0.0552. The highest BCUT2D eigenvalue weighted by Crippen LogP contribution is 2.24. The summed E-state index contributed by atoms with van der Waals surface area (Å²) in [5, 5.41) is 0. The van der Waals surface area contributed by atoms with Gasteiger partial charge in [0.25, 0.3) is 5.91 Å². The van der Waals surface area contributed by atoms with Crippen molar-refractivity contribution < 1.29 is 4.79 Å². The van der Waals surface area contributed by atoms with E-state index in [4.69, 9.17) is 0 Å². The molecule has 0 bridgehead atoms. The van der Waals surface area contributed by atoms with E-state index in [-0.39, 0.29) is 17.5 Å². The molecule has 1 aromatic rings. The average Bonchev–Trinajstić information content (AvgIpc) is 2.46. The molecule has 3 rings (SSSR count). The van der Waals surface area contributed by atoms with Crippen molar-refractivity contribution >= 4 is 5.91 Å². The van der Waals surface area contributed by atoms with Crippen LogP contribution in [-0.4, -0.2) is 52.4 Å². The van der Waals surface area contributed by atoms with E-state index in [1.807, 2.05) is 4.90 Å². The van der Waals surface area contributed by atoms with Crippen molar-refractivity contribution in [3.8, 4) is 0 Å². The zero-order chi connectivity index (χ0) is 14.1. The first-order valence-corrected chi connectivity index (χ1v) is 7.39. The third kappa shape index (κ3) is 2.50. The molecule has 2 aliphatic heterocycles. The lowest BCUT2D eigenvalue weighted by Gasteiger charge is -2.47. The smallest absolute Gasteiger partial charge is 0.270 e. The predicted molar refractivity (Wildman–Crippen MR) is 76.8 cm³/mol. The molecule has 0 radical (unpaired) electrons. The van der Waals surface area contributed by atoms with Crippen LogP contribution >= 0.6 is 0 Å². The molecular formula is C15H21N3O2. The van der Waals surface area contributed by atoms with Gasteiger partial charge in [-0.15, -0.1) is 0 Å². The van der Waals surface area contributed by atoms with Crippen molar-refractivity contribution in [2.75, 3.05) is 19.6 Å². The number of nitrogens with one attached hydrogen (secondary N) is 1. The van der Waals surface area contributed by atoms with E-state index in [2.05, 4.69) is 16.8 Å². The first-order chi connectivity index (χ1) is 9.65. The summed E-state index contributed by atoms with van der Waals surface area (Å²) in [5.74, 6) is -0.0552. The Bertz CT molecular complexity index is 554. The van der Waals surface area contributed by atoms with Gasteiger partial charge in [0.15, 0.2) is 0 Å². The van der Waals surface area contributed by atoms with E-state index in [9.17, 15) is 9.59 Å². The number of hydrogen-bond acceptors (Lipinski definition) is 3. The number of fused-ring (bicyclic) bond motifs is 1. The minimum atomic E-state index is -0.222. The SMILES string of the molecule is CC1CN2CCCCC2CN1C(=O)c1cccc(=O)[nH]1. The summed E-state index contributed by atoms with van der Waals surface area (Å²) in [6.45, 7) is 4.95. The van der Waals surface area contributed by atoms with Gasteiger partial charge in [0.05, 0.1) is 0 Å². The van der Waals surface area contributed by atoms with Crippen LogP contribution in [0.4, 0.5) is 0 Å². The number of H-pyrrole nitrogens is 1. The van der Waals surface area contributed by atoms with E-state index < -0.39 is 0 Å². The molecule has 0 spiro atoms. The van der Waals surface area contributed by atoms with E-state index in [0.29, 0.717) is 11.7 Å². The van der Waals surface area contributed by atoms with Crippen molar-refractivity contribution in [1.82, 2.24) is 14.8 Å². The molecule has 2 fully saturated rings. The number of carbonyl (C=O) groups is 1. The summed E-state index contributed by atoms with van der Waals surface area (Å²) < 4.78 is 0. The predicted octanol–water partition coefficient (Wildman–Crippen LogP) is 1.07. The third-order valence-corrected chi connectivity index (χ3v) is 4.45. The first-order valence-electron chi connectivity index (χ1n) is 7.39. The fourth-order valence-electron chi connectivity index (χ4n) is 3.36. The van der Waals surface area contributed by atoms with Crippen LogP contribution in [0.15, 0.2) is 23.0 Å². The van der Waals surface area contributed by atoms with Crippen LogP contribution in [0, 0.1) is 0 Å². The second kappa shape index (κ2) is 5.40. The first kappa shape index (κ1) is 13.4. The molecule has 0 aromatic carbocycles. The molecule has 1 amide bonds. The Morgan fingerprint density at radius 3 is 2.95 bits per heavy atom. The van der Waals surface area contributed by atoms with Gasteiger partial charge in [0.1, 0.15) is 5.69 Å². The highest BCUT2D eigenvalue weighted by atomic mass is 16.2. The van der Waals surface area contributed by atoms with Gasteiger partial charge < -0.3 is 9.88 Å². The zero-order valence-corrected chi connectivity index (χ0v) is 11.8. The molecule has 20 heavy (non-hydrogen) atoms. The van der Waals surface area contributed by atoms with Gasteiger partial charge >= 0.3 is 0 Å². The van der Waals surface area contributed by atoms with E-state index in [1.165, 1.54) is 25.3 Å². The van der Waals surface area contributed by atoms with Crippen LogP contribution in [0.2, 0.25) is 0 Å². The minimum Gasteiger partial charge on any atom is -0.332 e. The van der Waals surface area contributed by atoms with Crippen molar-refractivity contribution in [1.29, 1.82) is 0 Å². The van der Waals surface area contributed by atoms with Crippen LogP contribution in [0.3, 0.4) is 0 Å². The summed E-state index contributed by atoms with van der Waals surface area (Å²) in [7, 11) is 0. The summed E-state index contributed by atoms with van der Waals surface area (Å²) in [4.78, 5) is 31.0. The Morgan fingerprint density at radius 1 is 1.30 bits per heavy atom. The lowest BCUT2D eigenvalue weighted by atomic mass is 9.97. The molecule has 2 atom stereocenters. The van der Waals surface area contributed by atoms with Gasteiger partial charge in [0.2, 0.25) is 5.56 Å². The van der Waals surface area contributed by atoms with Gasteiger partial charge in [-0.25, -0.2) is 0 Å². The maximum absolute atomic E-state index is 12.6. The van der Waals surface area contributed by atoms with Gasteiger partial charge in [-0.1, -0.05) is 12.5 Å². The number of piperazine rings is 1. The topological polar surface area (TPSA) is 56.4 Å². The van der Waals surface area contributed by atoms with Crippen LogP contribution in [0.25, 0.3) is 0 Å². The second-order valence-electron chi connectivity index (χ2n) is 5.88. The average molecular weight is 275 g/mol. The number of pyridine rings is 1. The number of piperidine rings is 1. The van der Waals surface area contributed by atoms with Crippen molar-refractivity contribution in [2.45, 2.75) is 38.3 Å². The number of nitrogens with zero attached hydrogens (tertiary/aromatic N) is 2. The molecule has 5 nitrogen and oxygen atoms in total. The van der Waals surface area contributed by atoms with Crippen LogP contribution < -0.4 is 5.56 Å². The standard InChI is InChI=1S/C15H21N3O2/c1-11-9-17-8-3-2-5-12(17)10-18(11)15(20)13-6-4-7-14(19)16-13/h4,6-7,11-12H,2-3,5,8-10H2,1H3,(H,16,19). The summed E-state index contributed by atoms with van der Waals surface area (Å²) in [6.07, 6.45) is 3.69. The van der Waals surface area contributed by atoms with Crippen molar-refractivity contribution in [3.63, 3.8) is 0 Å². The largest absolute Gasteiger partial charge is 0.332 e. The van der Waals surface area contributed by atoms with Crippen LogP contribution in [0.5, 0.6) is 0 Å². The Hall–Kier alpha value is -1.62. The number of aromatic amines is 1. The molecular weight excluding hydrogens is 254 g/mol. The molecule has 108 valence electrons. The monoisotopic (exact) mass is 275 g/mol. The Labute approximate surface area is 118 Å². The third-order valence-electron chi connectivity index (χ3n) is 4.45. The van der Waals surface area contributed by atoms with Crippen molar-refractivity contribution in [2.24, 2.45) is 0 Å². The Kier molecular flexibility index (Phi) is 3.61. The molecule has 1 aromatic heterocycles. The summed E-state index contributed by atoms with van der Waals surface area (Å²) >= 11 is 0. The van der Waals surface area contributed by atoms with Gasteiger partial charge in [-0.2, -0.15) is 0 Å². The highest BCUT2D eigenvalue weighted by molar-refractivity contribution is 5.92. The highest BCUT2D eigenvalue weighted by Gasteiger charge is 2.35. The Morgan fingerprint density at radius 2 is 2.15 bits per heavy atom. The number of aromatic nitrogens is 1. The molecule has 2 saturated heterocycles. The number of carbonyl (C=O) groups excluding carboxylic acids is 1. The number of hydrogen-bond donors (Lipinski definition) is 1. The molecule has 5 heteroatoms. The summed E-state index contributed by atoms with van der Waals surface area (Å²) in [5.41, 5.74) is 0.174. The molecule has 0 saturated carbocycles. The van der Waals surface area contributed by atoms with E-state index >= 15 is 0 Å². The normalized spacial score (nSPS) is 27.1. The fourth-order valence-corrected chi connectivity index (χ4v) is 3.36.